The summed E-state index contributed by atoms with van der Waals surface area (Å²) in [5.41, 5.74) is 0.416. The predicted molar refractivity (Wildman–Crippen MR) is 100 cm³/mol. The average Bonchev–Trinajstić information content (AvgIpc) is 2.95. The first kappa shape index (κ1) is 18.1. The van der Waals surface area contributed by atoms with E-state index in [0.29, 0.717) is 18.4 Å². The largest absolute Gasteiger partial charge is 0.490 e. The zero-order valence-electron chi connectivity index (χ0n) is 15.1. The molecule has 3 heterocycles. The van der Waals surface area contributed by atoms with Gasteiger partial charge in [-0.15, -0.1) is 0 Å². The van der Waals surface area contributed by atoms with Crippen LogP contribution in [0, 0.1) is 0 Å². The lowest BCUT2D eigenvalue weighted by Crippen LogP contribution is -2.49. The molecule has 0 saturated carbocycles. The van der Waals surface area contributed by atoms with Gasteiger partial charge < -0.3 is 4.74 Å². The molecular weight excluding hydrogens is 364 g/mol. The highest BCUT2D eigenvalue weighted by Crippen LogP contribution is 2.41. The second-order valence-electron chi connectivity index (χ2n) is 7.20. The summed E-state index contributed by atoms with van der Waals surface area (Å²) in [6.45, 7) is 1.44. The van der Waals surface area contributed by atoms with Crippen LogP contribution in [0.25, 0.3) is 0 Å². The Bertz CT molecular complexity index is 931. The van der Waals surface area contributed by atoms with Crippen LogP contribution in [-0.2, 0) is 10.0 Å². The standard InChI is InChI=1S/C20H22N2O4S/c1-14(23)15-3-2-4-20(11-15)27(24,25)22-16-5-6-17(22)13-19(12-16)26-18-7-9-21-10-8-18/h2-4,7-11,16-17,19H,5-6,12-13H2,1H3. The van der Waals surface area contributed by atoms with E-state index in [1.54, 1.807) is 34.9 Å². The summed E-state index contributed by atoms with van der Waals surface area (Å²) in [5.74, 6) is 0.624. The average molecular weight is 386 g/mol. The van der Waals surface area contributed by atoms with Gasteiger partial charge in [0, 0.05) is 42.9 Å². The number of aromatic nitrogens is 1. The van der Waals surface area contributed by atoms with Gasteiger partial charge in [0.05, 0.1) is 4.90 Å². The number of benzene rings is 1. The number of sulfonamides is 1. The van der Waals surface area contributed by atoms with Crippen molar-refractivity contribution < 1.29 is 17.9 Å². The van der Waals surface area contributed by atoms with E-state index in [4.69, 9.17) is 4.74 Å². The summed E-state index contributed by atoms with van der Waals surface area (Å²) < 4.78 is 34.2. The summed E-state index contributed by atoms with van der Waals surface area (Å²) in [5, 5.41) is 0. The summed E-state index contributed by atoms with van der Waals surface area (Å²) in [7, 11) is -3.63. The molecule has 4 rings (SSSR count). The van der Waals surface area contributed by atoms with Crippen LogP contribution in [0.3, 0.4) is 0 Å². The number of piperidine rings is 1. The highest BCUT2D eigenvalue weighted by molar-refractivity contribution is 7.89. The fourth-order valence-corrected chi connectivity index (χ4v) is 6.12. The van der Waals surface area contributed by atoms with Gasteiger partial charge in [0.2, 0.25) is 10.0 Å². The molecule has 2 saturated heterocycles. The molecule has 27 heavy (non-hydrogen) atoms. The van der Waals surface area contributed by atoms with Crippen LogP contribution < -0.4 is 4.74 Å². The molecule has 1 aromatic carbocycles. The maximum atomic E-state index is 13.3. The van der Waals surface area contributed by atoms with Crippen molar-refractivity contribution in [3.8, 4) is 5.75 Å². The number of hydrogen-bond donors (Lipinski definition) is 0. The lowest BCUT2D eigenvalue weighted by Gasteiger charge is -2.37. The Balaban J connectivity index is 1.55. The van der Waals surface area contributed by atoms with Gasteiger partial charge in [0.15, 0.2) is 5.78 Å². The Hall–Kier alpha value is -2.25. The minimum Gasteiger partial charge on any atom is -0.490 e. The molecule has 1 aromatic heterocycles. The van der Waals surface area contributed by atoms with Crippen LogP contribution in [0.4, 0.5) is 0 Å². The first-order valence-electron chi connectivity index (χ1n) is 9.16. The van der Waals surface area contributed by atoms with E-state index < -0.39 is 10.0 Å². The number of Topliss-reactive ketones (excluding diaryl/α,β-unsaturated/α-hetero) is 1. The molecule has 2 aliphatic rings. The Morgan fingerprint density at radius 2 is 1.78 bits per heavy atom. The monoisotopic (exact) mass is 386 g/mol. The number of pyridine rings is 1. The third kappa shape index (κ3) is 3.49. The van der Waals surface area contributed by atoms with E-state index in [1.807, 2.05) is 12.1 Å². The number of carbonyl (C=O) groups excluding carboxylic acids is 1. The van der Waals surface area contributed by atoms with Crippen LogP contribution in [-0.4, -0.2) is 41.7 Å². The van der Waals surface area contributed by atoms with Crippen molar-refractivity contribution in [1.82, 2.24) is 9.29 Å². The van der Waals surface area contributed by atoms with Crippen molar-refractivity contribution in [3.63, 3.8) is 0 Å². The molecular formula is C20H22N2O4S. The highest BCUT2D eigenvalue weighted by atomic mass is 32.2. The molecule has 2 bridgehead atoms. The van der Waals surface area contributed by atoms with Gasteiger partial charge in [-0.05, 0) is 44.0 Å². The number of rotatable bonds is 5. The Kier molecular flexibility index (Phi) is 4.74. The maximum Gasteiger partial charge on any atom is 0.243 e. The minimum absolute atomic E-state index is 0.0000890. The van der Waals surface area contributed by atoms with Crippen LogP contribution >= 0.6 is 0 Å². The van der Waals surface area contributed by atoms with Crippen molar-refractivity contribution >= 4 is 15.8 Å². The van der Waals surface area contributed by atoms with E-state index >= 15 is 0 Å². The summed E-state index contributed by atoms with van der Waals surface area (Å²) in [4.78, 5) is 15.8. The van der Waals surface area contributed by atoms with Crippen molar-refractivity contribution in [3.05, 3.63) is 54.4 Å². The first-order valence-corrected chi connectivity index (χ1v) is 10.6. The SMILES string of the molecule is CC(=O)c1cccc(S(=O)(=O)N2C3CCC2CC(Oc2ccncc2)C3)c1. The molecule has 2 unspecified atom stereocenters. The molecule has 2 fully saturated rings. The Labute approximate surface area is 159 Å². The molecule has 0 spiro atoms. The molecule has 2 atom stereocenters. The molecule has 0 N–H and O–H groups in total. The van der Waals surface area contributed by atoms with Crippen LogP contribution in [0.5, 0.6) is 5.75 Å². The fraction of sp³-hybridized carbons (Fsp3) is 0.400. The van der Waals surface area contributed by atoms with Crippen molar-refractivity contribution in [2.45, 2.75) is 55.7 Å². The quantitative estimate of drug-likeness (QED) is 0.738. The van der Waals surface area contributed by atoms with Gasteiger partial charge in [0.25, 0.3) is 0 Å². The number of ketones is 1. The van der Waals surface area contributed by atoms with Gasteiger partial charge in [0.1, 0.15) is 11.9 Å². The van der Waals surface area contributed by atoms with E-state index in [-0.39, 0.29) is 28.9 Å². The number of hydrogen-bond acceptors (Lipinski definition) is 5. The van der Waals surface area contributed by atoms with Gasteiger partial charge in [-0.25, -0.2) is 8.42 Å². The Morgan fingerprint density at radius 1 is 1.11 bits per heavy atom. The van der Waals surface area contributed by atoms with E-state index in [0.717, 1.165) is 18.6 Å². The van der Waals surface area contributed by atoms with Gasteiger partial charge in [-0.2, -0.15) is 4.31 Å². The molecule has 2 aromatic rings. The third-order valence-electron chi connectivity index (χ3n) is 5.39. The predicted octanol–water partition coefficient (Wildman–Crippen LogP) is 3.05. The van der Waals surface area contributed by atoms with E-state index in [9.17, 15) is 13.2 Å². The third-order valence-corrected chi connectivity index (χ3v) is 7.39. The number of ether oxygens (including phenoxy) is 1. The fourth-order valence-electron chi connectivity index (χ4n) is 4.18. The molecule has 0 amide bonds. The zero-order chi connectivity index (χ0) is 19.0. The summed E-state index contributed by atoms with van der Waals surface area (Å²) in [6, 6.07) is 9.83. The highest BCUT2D eigenvalue weighted by Gasteiger charge is 2.47. The number of carbonyl (C=O) groups is 1. The van der Waals surface area contributed by atoms with Crippen LogP contribution in [0.2, 0.25) is 0 Å². The second kappa shape index (κ2) is 7.05. The minimum atomic E-state index is -3.63. The topological polar surface area (TPSA) is 76.6 Å². The molecule has 142 valence electrons. The molecule has 2 aliphatic heterocycles. The van der Waals surface area contributed by atoms with Gasteiger partial charge in [-0.1, -0.05) is 12.1 Å². The van der Waals surface area contributed by atoms with Gasteiger partial charge >= 0.3 is 0 Å². The van der Waals surface area contributed by atoms with Gasteiger partial charge in [-0.3, -0.25) is 9.78 Å². The second-order valence-corrected chi connectivity index (χ2v) is 9.04. The van der Waals surface area contributed by atoms with E-state index in [1.165, 1.54) is 13.0 Å². The van der Waals surface area contributed by atoms with Crippen LogP contribution in [0.1, 0.15) is 43.0 Å². The molecule has 7 heteroatoms. The van der Waals surface area contributed by atoms with E-state index in [2.05, 4.69) is 4.98 Å². The molecule has 0 radical (unpaired) electrons. The molecule has 6 nitrogen and oxygen atoms in total. The van der Waals surface area contributed by atoms with Crippen LogP contribution in [0.15, 0.2) is 53.7 Å². The molecule has 0 aliphatic carbocycles. The number of nitrogens with zero attached hydrogens (tertiary/aromatic N) is 2. The van der Waals surface area contributed by atoms with Crippen molar-refractivity contribution in [2.75, 3.05) is 0 Å². The number of fused-ring (bicyclic) bond motifs is 2. The van der Waals surface area contributed by atoms with Crippen molar-refractivity contribution in [1.29, 1.82) is 0 Å². The smallest absolute Gasteiger partial charge is 0.243 e. The summed E-state index contributed by atoms with van der Waals surface area (Å²) in [6.07, 6.45) is 6.39. The normalized spacial score (nSPS) is 25.3. The zero-order valence-corrected chi connectivity index (χ0v) is 15.9. The first-order chi connectivity index (χ1) is 12.9. The lowest BCUT2D eigenvalue weighted by atomic mass is 10.0. The lowest BCUT2D eigenvalue weighted by molar-refractivity contribution is 0.0956. The maximum absolute atomic E-state index is 13.3. The Morgan fingerprint density at radius 3 is 2.41 bits per heavy atom. The summed E-state index contributed by atoms with van der Waals surface area (Å²) >= 11 is 0. The van der Waals surface area contributed by atoms with Crippen molar-refractivity contribution in [2.24, 2.45) is 0 Å².